The van der Waals surface area contributed by atoms with Crippen LogP contribution >= 0.6 is 11.6 Å². The van der Waals surface area contributed by atoms with Crippen molar-refractivity contribution >= 4 is 27.4 Å². The number of hydrogen-bond acceptors (Lipinski definition) is 5. The molecule has 0 amide bonds. The lowest BCUT2D eigenvalue weighted by Gasteiger charge is -2.12. The van der Waals surface area contributed by atoms with Crippen LogP contribution in [0.1, 0.15) is 12.5 Å². The third-order valence-electron chi connectivity index (χ3n) is 3.11. The number of hydrogen-bond donors (Lipinski definition) is 0. The maximum absolute atomic E-state index is 12.4. The van der Waals surface area contributed by atoms with Crippen molar-refractivity contribution < 1.29 is 22.7 Å². The largest absolute Gasteiger partial charge is 0.488 e. The lowest BCUT2D eigenvalue weighted by atomic mass is 10.2. The Labute approximate surface area is 146 Å². The Morgan fingerprint density at radius 2 is 1.75 bits per heavy atom. The van der Waals surface area contributed by atoms with Crippen LogP contribution in [0.4, 0.5) is 0 Å². The lowest BCUT2D eigenvalue weighted by Crippen LogP contribution is -2.19. The average Bonchev–Trinajstić information content (AvgIpc) is 2.54. The summed E-state index contributed by atoms with van der Waals surface area (Å²) in [6, 6.07) is 13.2. The van der Waals surface area contributed by atoms with Crippen LogP contribution in [0.3, 0.4) is 0 Å². The van der Waals surface area contributed by atoms with Crippen LogP contribution in [0.15, 0.2) is 53.4 Å². The van der Waals surface area contributed by atoms with E-state index in [1.807, 2.05) is 0 Å². The van der Waals surface area contributed by atoms with Crippen molar-refractivity contribution in [3.05, 3.63) is 59.1 Å². The number of benzene rings is 2. The summed E-state index contributed by atoms with van der Waals surface area (Å²) in [5.41, 5.74) is 0.844. The number of esters is 1. The van der Waals surface area contributed by atoms with Gasteiger partial charge in [0.25, 0.3) is 0 Å². The first-order valence-electron chi connectivity index (χ1n) is 7.27. The quantitative estimate of drug-likeness (QED) is 0.701. The molecule has 5 nitrogen and oxygen atoms in total. The number of para-hydroxylation sites is 1. The molecule has 128 valence electrons. The first-order chi connectivity index (χ1) is 11.4. The molecule has 0 aliphatic rings. The minimum absolute atomic E-state index is 0.0352. The zero-order chi connectivity index (χ0) is 17.6. The molecule has 0 saturated heterocycles. The van der Waals surface area contributed by atoms with E-state index in [2.05, 4.69) is 0 Å². The lowest BCUT2D eigenvalue weighted by molar-refractivity contribution is -0.139. The van der Waals surface area contributed by atoms with E-state index in [0.717, 1.165) is 5.56 Å². The van der Waals surface area contributed by atoms with E-state index in [4.69, 9.17) is 21.1 Å². The maximum Gasteiger partial charge on any atom is 0.321 e. The van der Waals surface area contributed by atoms with Crippen LogP contribution in [0.2, 0.25) is 5.02 Å². The fourth-order valence-corrected chi connectivity index (χ4v) is 3.40. The summed E-state index contributed by atoms with van der Waals surface area (Å²) in [7, 11) is -3.84. The first-order valence-corrected chi connectivity index (χ1v) is 9.30. The van der Waals surface area contributed by atoms with Gasteiger partial charge < -0.3 is 9.47 Å². The second-order valence-corrected chi connectivity index (χ2v) is 7.32. The van der Waals surface area contributed by atoms with Crippen molar-refractivity contribution in [1.82, 2.24) is 0 Å². The van der Waals surface area contributed by atoms with E-state index in [1.165, 1.54) is 6.07 Å². The molecule has 0 aromatic heterocycles. The van der Waals surface area contributed by atoms with E-state index in [-0.39, 0.29) is 23.9 Å². The van der Waals surface area contributed by atoms with Gasteiger partial charge in [-0.15, -0.1) is 0 Å². The monoisotopic (exact) mass is 368 g/mol. The van der Waals surface area contributed by atoms with E-state index in [9.17, 15) is 13.2 Å². The van der Waals surface area contributed by atoms with Gasteiger partial charge in [0, 0.05) is 5.02 Å². The van der Waals surface area contributed by atoms with Crippen molar-refractivity contribution in [3.8, 4) is 5.75 Å². The van der Waals surface area contributed by atoms with Crippen LogP contribution in [0.5, 0.6) is 5.75 Å². The minimum atomic E-state index is -3.84. The van der Waals surface area contributed by atoms with Gasteiger partial charge in [0.15, 0.2) is 15.6 Å². The number of ether oxygens (including phenoxy) is 2. The van der Waals surface area contributed by atoms with Crippen LogP contribution in [-0.4, -0.2) is 26.7 Å². The molecule has 2 aromatic carbocycles. The van der Waals surface area contributed by atoms with E-state index in [0.29, 0.717) is 5.02 Å². The van der Waals surface area contributed by atoms with Gasteiger partial charge in [-0.25, -0.2) is 8.42 Å². The summed E-state index contributed by atoms with van der Waals surface area (Å²) in [5, 5.41) is 0.608. The third-order valence-corrected chi connectivity index (χ3v) is 4.98. The Morgan fingerprint density at radius 1 is 1.08 bits per heavy atom. The average molecular weight is 369 g/mol. The number of sulfone groups is 1. The molecule has 0 unspecified atom stereocenters. The number of carbonyl (C=O) groups excluding carboxylic acids is 1. The molecule has 0 radical (unpaired) electrons. The molecule has 0 heterocycles. The van der Waals surface area contributed by atoms with Crippen molar-refractivity contribution in [2.75, 3.05) is 12.4 Å². The van der Waals surface area contributed by atoms with Gasteiger partial charge in [0.2, 0.25) is 0 Å². The normalized spacial score (nSPS) is 11.1. The highest BCUT2D eigenvalue weighted by Crippen LogP contribution is 2.25. The number of halogens is 1. The van der Waals surface area contributed by atoms with Gasteiger partial charge in [0.05, 0.1) is 6.61 Å². The van der Waals surface area contributed by atoms with Crippen LogP contribution < -0.4 is 4.74 Å². The SMILES string of the molecule is CCOC(=O)CS(=O)(=O)c1ccccc1OCc1ccc(Cl)cc1. The zero-order valence-corrected chi connectivity index (χ0v) is 14.6. The van der Waals surface area contributed by atoms with Gasteiger partial charge >= 0.3 is 5.97 Å². The standard InChI is InChI=1S/C17H17ClO5S/c1-2-22-17(19)12-24(20,21)16-6-4-3-5-15(16)23-11-13-7-9-14(18)10-8-13/h3-10H,2,11-12H2,1H3. The second-order valence-electron chi connectivity index (χ2n) is 4.93. The summed E-state index contributed by atoms with van der Waals surface area (Å²) >= 11 is 5.82. The third kappa shape index (κ3) is 4.97. The molecule has 24 heavy (non-hydrogen) atoms. The summed E-state index contributed by atoms with van der Waals surface area (Å²) in [6.45, 7) is 1.93. The zero-order valence-electron chi connectivity index (χ0n) is 13.1. The summed E-state index contributed by atoms with van der Waals surface area (Å²) < 4.78 is 35.1. The van der Waals surface area contributed by atoms with Crippen LogP contribution in [0.25, 0.3) is 0 Å². The number of rotatable bonds is 7. The summed E-state index contributed by atoms with van der Waals surface area (Å²) in [5.74, 6) is -1.32. The maximum atomic E-state index is 12.4. The molecular weight excluding hydrogens is 352 g/mol. The fourth-order valence-electron chi connectivity index (χ4n) is 2.00. The van der Waals surface area contributed by atoms with Crippen LogP contribution in [0, 0.1) is 0 Å². The van der Waals surface area contributed by atoms with E-state index >= 15 is 0 Å². The van der Waals surface area contributed by atoms with Gasteiger partial charge in [0.1, 0.15) is 17.3 Å². The molecule has 0 aliphatic heterocycles. The molecule has 0 fully saturated rings. The highest BCUT2D eigenvalue weighted by atomic mass is 35.5. The molecule has 0 spiro atoms. The van der Waals surface area contributed by atoms with Crippen molar-refractivity contribution in [3.63, 3.8) is 0 Å². The highest BCUT2D eigenvalue weighted by Gasteiger charge is 2.24. The van der Waals surface area contributed by atoms with Gasteiger partial charge in [-0.1, -0.05) is 35.9 Å². The minimum Gasteiger partial charge on any atom is -0.488 e. The predicted octanol–water partition coefficient (Wildman–Crippen LogP) is 3.26. The van der Waals surface area contributed by atoms with Crippen molar-refractivity contribution in [1.29, 1.82) is 0 Å². The van der Waals surface area contributed by atoms with E-state index in [1.54, 1.807) is 49.4 Å². The summed E-state index contributed by atoms with van der Waals surface area (Å²) in [6.07, 6.45) is 0. The molecule has 0 aliphatic carbocycles. The number of carbonyl (C=O) groups is 1. The van der Waals surface area contributed by atoms with Crippen LogP contribution in [-0.2, 0) is 26.0 Å². The summed E-state index contributed by atoms with van der Waals surface area (Å²) in [4.78, 5) is 11.5. The van der Waals surface area contributed by atoms with Gasteiger partial charge in [-0.2, -0.15) is 0 Å². The molecule has 2 aromatic rings. The molecule has 0 bridgehead atoms. The molecule has 7 heteroatoms. The Morgan fingerprint density at radius 3 is 2.42 bits per heavy atom. The van der Waals surface area contributed by atoms with Gasteiger partial charge in [-0.3, -0.25) is 4.79 Å². The van der Waals surface area contributed by atoms with Gasteiger partial charge in [-0.05, 0) is 36.8 Å². The highest BCUT2D eigenvalue weighted by molar-refractivity contribution is 7.92. The van der Waals surface area contributed by atoms with E-state index < -0.39 is 21.6 Å². The molecular formula is C17H17ClO5S. The van der Waals surface area contributed by atoms with Crippen molar-refractivity contribution in [2.45, 2.75) is 18.4 Å². The Kier molecular flexibility index (Phi) is 6.23. The molecule has 0 saturated carbocycles. The topological polar surface area (TPSA) is 69.7 Å². The molecule has 0 atom stereocenters. The van der Waals surface area contributed by atoms with Crippen molar-refractivity contribution in [2.24, 2.45) is 0 Å². The predicted molar refractivity (Wildman–Crippen MR) is 90.9 cm³/mol. The Balaban J connectivity index is 2.17. The smallest absolute Gasteiger partial charge is 0.321 e. The Hall–Kier alpha value is -2.05. The second kappa shape index (κ2) is 8.17. The first kappa shape index (κ1) is 18.3. The fraction of sp³-hybridized carbons (Fsp3) is 0.235. The molecule has 0 N–H and O–H groups in total. The Bertz CT molecular complexity index is 800. The molecule has 2 rings (SSSR count).